The Hall–Kier alpha value is -3.55. The van der Waals surface area contributed by atoms with E-state index in [1.165, 1.54) is 18.2 Å². The third-order valence-corrected chi connectivity index (χ3v) is 4.98. The molecular formula is C20H18F6N8. The molecule has 180 valence electrons. The van der Waals surface area contributed by atoms with E-state index in [9.17, 15) is 26.3 Å². The predicted octanol–water partition coefficient (Wildman–Crippen LogP) is 3.86. The van der Waals surface area contributed by atoms with Gasteiger partial charge in [-0.05, 0) is 31.3 Å². The molecular weight excluding hydrogens is 466 g/mol. The van der Waals surface area contributed by atoms with Crippen LogP contribution in [-0.2, 0) is 12.4 Å². The number of piperazine rings is 1. The van der Waals surface area contributed by atoms with E-state index in [1.807, 2.05) is 11.9 Å². The van der Waals surface area contributed by atoms with Crippen LogP contribution in [0.15, 0.2) is 36.5 Å². The van der Waals surface area contributed by atoms with E-state index in [1.54, 1.807) is 0 Å². The van der Waals surface area contributed by atoms with E-state index in [4.69, 9.17) is 0 Å². The van der Waals surface area contributed by atoms with Gasteiger partial charge >= 0.3 is 12.4 Å². The number of rotatable bonds is 4. The third-order valence-electron chi connectivity index (χ3n) is 4.98. The van der Waals surface area contributed by atoms with Crippen molar-refractivity contribution in [1.29, 1.82) is 0 Å². The molecule has 1 saturated heterocycles. The van der Waals surface area contributed by atoms with Gasteiger partial charge in [0, 0.05) is 38.1 Å². The second-order valence-corrected chi connectivity index (χ2v) is 7.53. The van der Waals surface area contributed by atoms with Crippen LogP contribution in [0.1, 0.15) is 11.4 Å². The van der Waals surface area contributed by atoms with Crippen LogP contribution in [0, 0.1) is 0 Å². The summed E-state index contributed by atoms with van der Waals surface area (Å²) in [6.07, 6.45) is -8.35. The van der Waals surface area contributed by atoms with Gasteiger partial charge in [-0.1, -0.05) is 6.07 Å². The smallest absolute Gasteiger partial charge is 0.338 e. The second kappa shape index (κ2) is 9.00. The molecule has 0 atom stereocenters. The zero-order valence-corrected chi connectivity index (χ0v) is 17.7. The SMILES string of the molecule is CN1CCN(c2nc(Nc3ccnc(C(F)(F)F)c3)nc(-c3cccc(C(F)(F)F)n3)n2)CC1. The van der Waals surface area contributed by atoms with Gasteiger partial charge in [0.1, 0.15) is 17.1 Å². The summed E-state index contributed by atoms with van der Waals surface area (Å²) in [4.78, 5) is 23.5. The number of aromatic nitrogens is 5. The van der Waals surface area contributed by atoms with Crippen LogP contribution in [0.3, 0.4) is 0 Å². The zero-order chi connectivity index (χ0) is 24.5. The predicted molar refractivity (Wildman–Crippen MR) is 110 cm³/mol. The first-order valence-electron chi connectivity index (χ1n) is 10.0. The van der Waals surface area contributed by atoms with Gasteiger partial charge in [0.15, 0.2) is 5.82 Å². The lowest BCUT2D eigenvalue weighted by Gasteiger charge is -2.32. The number of nitrogens with zero attached hydrogens (tertiary/aromatic N) is 7. The van der Waals surface area contributed by atoms with Crippen molar-refractivity contribution in [2.45, 2.75) is 12.4 Å². The molecule has 0 aliphatic carbocycles. The molecule has 0 aromatic carbocycles. The number of anilines is 3. The maximum Gasteiger partial charge on any atom is 0.433 e. The number of pyridine rings is 2. The molecule has 4 rings (SSSR count). The van der Waals surface area contributed by atoms with E-state index in [-0.39, 0.29) is 29.1 Å². The molecule has 0 saturated carbocycles. The average Bonchev–Trinajstić information content (AvgIpc) is 2.78. The fourth-order valence-electron chi connectivity index (χ4n) is 3.19. The van der Waals surface area contributed by atoms with Crippen molar-refractivity contribution >= 4 is 17.6 Å². The van der Waals surface area contributed by atoms with Crippen LogP contribution in [0.4, 0.5) is 43.9 Å². The average molecular weight is 484 g/mol. The molecule has 4 heterocycles. The summed E-state index contributed by atoms with van der Waals surface area (Å²) in [7, 11) is 1.94. The molecule has 3 aromatic rings. The van der Waals surface area contributed by atoms with Gasteiger partial charge < -0.3 is 15.1 Å². The molecule has 8 nitrogen and oxygen atoms in total. The van der Waals surface area contributed by atoms with Crippen molar-refractivity contribution in [3.05, 3.63) is 47.9 Å². The minimum absolute atomic E-state index is 0.000744. The summed E-state index contributed by atoms with van der Waals surface area (Å²) in [5.41, 5.74) is -2.39. The maximum atomic E-state index is 13.2. The molecule has 0 unspecified atom stereocenters. The minimum Gasteiger partial charge on any atom is -0.338 e. The van der Waals surface area contributed by atoms with Gasteiger partial charge in [0.25, 0.3) is 0 Å². The van der Waals surface area contributed by atoms with Crippen LogP contribution in [0.5, 0.6) is 0 Å². The lowest BCUT2D eigenvalue weighted by atomic mass is 10.3. The second-order valence-electron chi connectivity index (χ2n) is 7.53. The number of nitrogens with one attached hydrogen (secondary N) is 1. The Kier molecular flexibility index (Phi) is 6.25. The van der Waals surface area contributed by atoms with Crippen LogP contribution in [0.25, 0.3) is 11.5 Å². The van der Waals surface area contributed by atoms with Gasteiger partial charge in [0.2, 0.25) is 11.9 Å². The van der Waals surface area contributed by atoms with E-state index >= 15 is 0 Å². The molecule has 0 amide bonds. The number of hydrogen-bond donors (Lipinski definition) is 1. The number of halogens is 6. The van der Waals surface area contributed by atoms with Crippen molar-refractivity contribution in [2.75, 3.05) is 43.4 Å². The Morgan fingerprint density at radius 1 is 0.824 bits per heavy atom. The third kappa shape index (κ3) is 5.50. The fraction of sp³-hybridized carbons (Fsp3) is 0.350. The molecule has 1 aliphatic rings. The van der Waals surface area contributed by atoms with Crippen LogP contribution in [-0.4, -0.2) is 63.0 Å². The molecule has 0 radical (unpaired) electrons. The van der Waals surface area contributed by atoms with Crippen LogP contribution < -0.4 is 10.2 Å². The van der Waals surface area contributed by atoms with Gasteiger partial charge in [-0.3, -0.25) is 4.98 Å². The molecule has 1 aliphatic heterocycles. The maximum absolute atomic E-state index is 13.2. The largest absolute Gasteiger partial charge is 0.433 e. The lowest BCUT2D eigenvalue weighted by molar-refractivity contribution is -0.141. The van der Waals surface area contributed by atoms with Crippen molar-refractivity contribution in [2.24, 2.45) is 0 Å². The van der Waals surface area contributed by atoms with E-state index in [2.05, 4.69) is 35.1 Å². The van der Waals surface area contributed by atoms with Crippen molar-refractivity contribution in [3.8, 4) is 11.5 Å². The Morgan fingerprint density at radius 2 is 1.53 bits per heavy atom. The molecule has 34 heavy (non-hydrogen) atoms. The van der Waals surface area contributed by atoms with Crippen molar-refractivity contribution < 1.29 is 26.3 Å². The lowest BCUT2D eigenvalue weighted by Crippen LogP contribution is -2.45. The first kappa shape index (κ1) is 23.6. The highest BCUT2D eigenvalue weighted by molar-refractivity contribution is 5.59. The quantitative estimate of drug-likeness (QED) is 0.559. The monoisotopic (exact) mass is 484 g/mol. The van der Waals surface area contributed by atoms with Gasteiger partial charge in [-0.25, -0.2) is 4.98 Å². The topological polar surface area (TPSA) is 83.0 Å². The first-order chi connectivity index (χ1) is 16.0. The van der Waals surface area contributed by atoms with Crippen molar-refractivity contribution in [1.82, 2.24) is 29.8 Å². The highest BCUT2D eigenvalue weighted by Crippen LogP contribution is 2.31. The summed E-state index contributed by atoms with van der Waals surface area (Å²) in [5, 5.41) is 2.67. The Balaban J connectivity index is 1.74. The Morgan fingerprint density at radius 3 is 2.21 bits per heavy atom. The van der Waals surface area contributed by atoms with Crippen molar-refractivity contribution in [3.63, 3.8) is 0 Å². The Labute approximate surface area is 189 Å². The Bertz CT molecular complexity index is 1160. The highest BCUT2D eigenvalue weighted by atomic mass is 19.4. The van der Waals surface area contributed by atoms with E-state index in [0.29, 0.717) is 26.2 Å². The zero-order valence-electron chi connectivity index (χ0n) is 17.7. The van der Waals surface area contributed by atoms with Crippen LogP contribution >= 0.6 is 0 Å². The summed E-state index contributed by atoms with van der Waals surface area (Å²) < 4.78 is 78.5. The summed E-state index contributed by atoms with van der Waals surface area (Å²) in [6.45, 7) is 2.49. The molecule has 14 heteroatoms. The number of alkyl halides is 6. The fourth-order valence-corrected chi connectivity index (χ4v) is 3.19. The first-order valence-corrected chi connectivity index (χ1v) is 10.0. The van der Waals surface area contributed by atoms with E-state index in [0.717, 1.165) is 18.3 Å². The standard InChI is InChI=1S/C20H18F6N8/c1-33-7-9-34(10-8-33)18-31-16(13-3-2-4-14(29-13)19(21,22)23)30-17(32-18)28-12-5-6-27-15(11-12)20(24,25)26/h2-6,11H,7-10H2,1H3,(H,27,28,30,31,32). The van der Waals surface area contributed by atoms with Crippen LogP contribution in [0.2, 0.25) is 0 Å². The molecule has 0 bridgehead atoms. The normalized spacial score (nSPS) is 15.4. The number of likely N-dealkylation sites (N-methyl/N-ethyl adjacent to an activating group) is 1. The minimum atomic E-state index is -4.67. The van der Waals surface area contributed by atoms with Gasteiger partial charge in [-0.2, -0.15) is 41.3 Å². The molecule has 0 spiro atoms. The van der Waals surface area contributed by atoms with E-state index < -0.39 is 23.7 Å². The summed E-state index contributed by atoms with van der Waals surface area (Å²) >= 11 is 0. The molecule has 3 aromatic heterocycles. The highest BCUT2D eigenvalue weighted by Gasteiger charge is 2.33. The summed E-state index contributed by atoms with van der Waals surface area (Å²) in [6, 6.07) is 5.38. The molecule has 1 fully saturated rings. The number of hydrogen-bond acceptors (Lipinski definition) is 8. The van der Waals surface area contributed by atoms with Gasteiger partial charge in [0.05, 0.1) is 0 Å². The molecule has 1 N–H and O–H groups in total. The van der Waals surface area contributed by atoms with Gasteiger partial charge in [-0.15, -0.1) is 0 Å². The summed E-state index contributed by atoms with van der Waals surface area (Å²) in [5.74, 6) is -0.120.